The third-order valence-electron chi connectivity index (χ3n) is 4.17. The smallest absolute Gasteiger partial charge is 0.225 e. The first-order valence-electron chi connectivity index (χ1n) is 8.65. The lowest BCUT2D eigenvalue weighted by Gasteiger charge is -2.17. The Balaban J connectivity index is 1.86. The Hall–Kier alpha value is -2.18. The summed E-state index contributed by atoms with van der Waals surface area (Å²) in [5.41, 5.74) is 2.77. The highest BCUT2D eigenvalue weighted by Crippen LogP contribution is 2.17. The number of sulfonamides is 1. The molecule has 0 saturated heterocycles. The average molecular weight is 375 g/mol. The van der Waals surface area contributed by atoms with E-state index < -0.39 is 10.0 Å². The van der Waals surface area contributed by atoms with Gasteiger partial charge in [0.1, 0.15) is 0 Å². The molecule has 0 radical (unpaired) electrons. The molecule has 0 unspecified atom stereocenters. The van der Waals surface area contributed by atoms with Crippen molar-refractivity contribution in [2.45, 2.75) is 32.7 Å². The number of benzene rings is 2. The topological polar surface area (TPSA) is 66.5 Å². The second-order valence-electron chi connectivity index (χ2n) is 6.63. The number of rotatable bonds is 8. The highest BCUT2D eigenvalue weighted by atomic mass is 32.2. The second-order valence-corrected chi connectivity index (χ2v) is 8.83. The molecule has 0 atom stereocenters. The molecule has 1 N–H and O–H groups in total. The van der Waals surface area contributed by atoms with Crippen molar-refractivity contribution in [2.75, 3.05) is 18.1 Å². The van der Waals surface area contributed by atoms with Crippen LogP contribution in [0.5, 0.6) is 0 Å². The van der Waals surface area contributed by atoms with E-state index in [0.717, 1.165) is 5.56 Å². The zero-order valence-corrected chi connectivity index (χ0v) is 16.3. The monoisotopic (exact) mass is 374 g/mol. The van der Waals surface area contributed by atoms with Crippen molar-refractivity contribution in [3.8, 4) is 0 Å². The summed E-state index contributed by atoms with van der Waals surface area (Å²) < 4.78 is 26.0. The van der Waals surface area contributed by atoms with Crippen molar-refractivity contribution in [3.05, 3.63) is 65.7 Å². The molecule has 0 fully saturated rings. The maximum atomic E-state index is 12.4. The van der Waals surface area contributed by atoms with Crippen LogP contribution in [-0.2, 0) is 21.4 Å². The maximum absolute atomic E-state index is 12.4. The van der Waals surface area contributed by atoms with Crippen molar-refractivity contribution in [2.24, 2.45) is 0 Å². The largest absolute Gasteiger partial charge is 0.326 e. The minimum absolute atomic E-state index is 0.0760. The van der Waals surface area contributed by atoms with Crippen molar-refractivity contribution in [1.29, 1.82) is 0 Å². The molecule has 0 saturated carbocycles. The molecule has 0 aliphatic heterocycles. The number of anilines is 1. The summed E-state index contributed by atoms with van der Waals surface area (Å²) in [7, 11) is -1.96. The third kappa shape index (κ3) is 5.97. The van der Waals surface area contributed by atoms with Crippen LogP contribution in [0.25, 0.3) is 0 Å². The predicted octanol–water partition coefficient (Wildman–Crippen LogP) is 3.60. The Kier molecular flexibility index (Phi) is 6.94. The van der Waals surface area contributed by atoms with Crippen LogP contribution >= 0.6 is 0 Å². The Bertz CT molecular complexity index is 816. The molecule has 1 amide bonds. The number of hydrogen-bond donors (Lipinski definition) is 1. The van der Waals surface area contributed by atoms with Gasteiger partial charge in [0, 0.05) is 25.7 Å². The molecule has 0 bridgehead atoms. The highest BCUT2D eigenvalue weighted by molar-refractivity contribution is 7.89. The fraction of sp³-hybridized carbons (Fsp3) is 0.350. The maximum Gasteiger partial charge on any atom is 0.225 e. The molecule has 5 nitrogen and oxygen atoms in total. The number of carbonyl (C=O) groups excluding carboxylic acids is 1. The first kappa shape index (κ1) is 20.1. The van der Waals surface area contributed by atoms with Gasteiger partial charge in [-0.2, -0.15) is 0 Å². The number of nitrogens with one attached hydrogen (secondary N) is 1. The van der Waals surface area contributed by atoms with Gasteiger partial charge in [-0.1, -0.05) is 56.3 Å². The summed E-state index contributed by atoms with van der Waals surface area (Å²) in [6, 6.07) is 17.0. The Morgan fingerprint density at radius 3 is 2.23 bits per heavy atom. The lowest BCUT2D eigenvalue weighted by molar-refractivity contribution is -0.115. The predicted molar refractivity (Wildman–Crippen MR) is 105 cm³/mol. The lowest BCUT2D eigenvalue weighted by Crippen LogP contribution is -2.30. The van der Waals surface area contributed by atoms with E-state index in [2.05, 4.69) is 19.2 Å². The van der Waals surface area contributed by atoms with Crippen LogP contribution in [0.2, 0.25) is 0 Å². The molecule has 2 aromatic carbocycles. The minimum Gasteiger partial charge on any atom is -0.326 e. The van der Waals surface area contributed by atoms with Crippen LogP contribution in [0.15, 0.2) is 54.6 Å². The quantitative estimate of drug-likeness (QED) is 0.768. The van der Waals surface area contributed by atoms with E-state index in [0.29, 0.717) is 18.2 Å². The van der Waals surface area contributed by atoms with Gasteiger partial charge in [-0.25, -0.2) is 12.7 Å². The van der Waals surface area contributed by atoms with Gasteiger partial charge < -0.3 is 5.32 Å². The summed E-state index contributed by atoms with van der Waals surface area (Å²) in [6.07, 6.45) is -0.0760. The van der Waals surface area contributed by atoms with E-state index in [4.69, 9.17) is 0 Å². The molecule has 0 aliphatic rings. The number of carbonyl (C=O) groups is 1. The van der Waals surface area contributed by atoms with Crippen LogP contribution < -0.4 is 5.32 Å². The summed E-state index contributed by atoms with van der Waals surface area (Å²) in [5, 5.41) is 2.75. The molecule has 140 valence electrons. The molecule has 2 aromatic rings. The van der Waals surface area contributed by atoms with Crippen molar-refractivity contribution < 1.29 is 13.2 Å². The van der Waals surface area contributed by atoms with Crippen LogP contribution in [0.3, 0.4) is 0 Å². The SMILES string of the molecule is CC(C)c1ccc(NC(=O)CCS(=O)(=O)N(C)Cc2ccccc2)cc1. The van der Waals surface area contributed by atoms with Gasteiger partial charge in [-0.3, -0.25) is 4.79 Å². The van der Waals surface area contributed by atoms with Gasteiger partial charge in [0.25, 0.3) is 0 Å². The van der Waals surface area contributed by atoms with Crippen molar-refractivity contribution in [3.63, 3.8) is 0 Å². The van der Waals surface area contributed by atoms with Crippen LogP contribution in [0.1, 0.15) is 37.3 Å². The molecule has 0 aromatic heterocycles. The number of amides is 1. The molecular formula is C20H26N2O3S. The van der Waals surface area contributed by atoms with Crippen LogP contribution in [0, 0.1) is 0 Å². The first-order chi connectivity index (χ1) is 12.3. The fourth-order valence-electron chi connectivity index (χ4n) is 2.49. The standard InChI is InChI=1S/C20H26N2O3S/c1-16(2)18-9-11-19(12-10-18)21-20(23)13-14-26(24,25)22(3)15-17-7-5-4-6-8-17/h4-12,16H,13-15H2,1-3H3,(H,21,23). The Labute approximate surface area is 156 Å². The minimum atomic E-state index is -3.49. The summed E-state index contributed by atoms with van der Waals surface area (Å²) in [4.78, 5) is 12.1. The van der Waals surface area contributed by atoms with Gasteiger partial charge in [0.05, 0.1) is 5.75 Å². The summed E-state index contributed by atoms with van der Waals surface area (Å²) in [5.74, 6) is -0.101. The van der Waals surface area contributed by atoms with E-state index in [-0.39, 0.29) is 18.1 Å². The second kappa shape index (κ2) is 8.96. The van der Waals surface area contributed by atoms with E-state index in [1.54, 1.807) is 0 Å². The normalized spacial score (nSPS) is 11.7. The molecule has 0 spiro atoms. The molecule has 2 rings (SSSR count). The fourth-order valence-corrected chi connectivity index (χ4v) is 3.59. The van der Waals surface area contributed by atoms with E-state index in [1.165, 1.54) is 16.9 Å². The molecule has 0 aliphatic carbocycles. The van der Waals surface area contributed by atoms with Crippen molar-refractivity contribution >= 4 is 21.6 Å². The summed E-state index contributed by atoms with van der Waals surface area (Å²) in [6.45, 7) is 4.50. The Morgan fingerprint density at radius 2 is 1.65 bits per heavy atom. The van der Waals surface area contributed by atoms with Crippen molar-refractivity contribution in [1.82, 2.24) is 4.31 Å². The number of hydrogen-bond acceptors (Lipinski definition) is 3. The van der Waals surface area contributed by atoms with Crippen LogP contribution in [0.4, 0.5) is 5.69 Å². The van der Waals surface area contributed by atoms with E-state index in [1.807, 2.05) is 54.6 Å². The van der Waals surface area contributed by atoms with Gasteiger partial charge in [-0.05, 0) is 29.2 Å². The summed E-state index contributed by atoms with van der Waals surface area (Å²) >= 11 is 0. The van der Waals surface area contributed by atoms with E-state index in [9.17, 15) is 13.2 Å². The number of nitrogens with zero attached hydrogens (tertiary/aromatic N) is 1. The molecular weight excluding hydrogens is 348 g/mol. The average Bonchev–Trinajstić information content (AvgIpc) is 2.61. The zero-order chi connectivity index (χ0) is 19.2. The molecule has 26 heavy (non-hydrogen) atoms. The van der Waals surface area contributed by atoms with E-state index >= 15 is 0 Å². The third-order valence-corrected chi connectivity index (χ3v) is 5.97. The highest BCUT2D eigenvalue weighted by Gasteiger charge is 2.19. The Morgan fingerprint density at radius 1 is 1.04 bits per heavy atom. The van der Waals surface area contributed by atoms with Gasteiger partial charge >= 0.3 is 0 Å². The van der Waals surface area contributed by atoms with Gasteiger partial charge in [-0.15, -0.1) is 0 Å². The molecule has 0 heterocycles. The lowest BCUT2D eigenvalue weighted by atomic mass is 10.0. The van der Waals surface area contributed by atoms with Crippen LogP contribution in [-0.4, -0.2) is 31.4 Å². The van der Waals surface area contributed by atoms with Gasteiger partial charge in [0.2, 0.25) is 15.9 Å². The zero-order valence-electron chi connectivity index (χ0n) is 15.5. The van der Waals surface area contributed by atoms with Gasteiger partial charge in [0.15, 0.2) is 0 Å². The molecule has 6 heteroatoms. The first-order valence-corrected chi connectivity index (χ1v) is 10.3.